The molecule has 29 heavy (non-hydrogen) atoms. The van der Waals surface area contributed by atoms with E-state index in [1.54, 1.807) is 14.2 Å². The Morgan fingerprint density at radius 3 is 2.03 bits per heavy atom. The van der Waals surface area contributed by atoms with E-state index >= 15 is 0 Å². The van der Waals surface area contributed by atoms with Gasteiger partial charge >= 0.3 is 0 Å². The molecule has 0 saturated carbocycles. The molecule has 0 heterocycles. The zero-order chi connectivity index (χ0) is 22.0. The summed E-state index contributed by atoms with van der Waals surface area (Å²) in [5.41, 5.74) is 4.12. The van der Waals surface area contributed by atoms with Gasteiger partial charge in [-0.15, -0.1) is 0 Å². The van der Waals surface area contributed by atoms with Crippen LogP contribution in [0.5, 0.6) is 0 Å². The Labute approximate surface area is 177 Å². The van der Waals surface area contributed by atoms with E-state index < -0.39 is 5.79 Å². The lowest BCUT2D eigenvalue weighted by Gasteiger charge is -2.42. The second kappa shape index (κ2) is 12.1. The molecule has 0 aromatic carbocycles. The van der Waals surface area contributed by atoms with Gasteiger partial charge in [-0.3, -0.25) is 4.79 Å². The smallest absolute Gasteiger partial charge is 0.230 e. The molecule has 1 aliphatic rings. The van der Waals surface area contributed by atoms with Crippen LogP contribution >= 0.6 is 0 Å². The summed E-state index contributed by atoms with van der Waals surface area (Å²) in [6, 6.07) is 0. The summed E-state index contributed by atoms with van der Waals surface area (Å²) in [5, 5.41) is 0. The summed E-state index contributed by atoms with van der Waals surface area (Å²) in [6.45, 7) is 10.6. The Bertz CT molecular complexity index is 658. The van der Waals surface area contributed by atoms with E-state index in [0.717, 1.165) is 25.7 Å². The van der Waals surface area contributed by atoms with E-state index in [0.29, 0.717) is 12.2 Å². The highest BCUT2D eigenvalue weighted by Gasteiger charge is 2.50. The van der Waals surface area contributed by atoms with Gasteiger partial charge in [0.15, 0.2) is 11.5 Å². The zero-order valence-electron chi connectivity index (χ0n) is 19.6. The molecule has 0 bridgehead atoms. The molecule has 2 atom stereocenters. The van der Waals surface area contributed by atoms with E-state index in [4.69, 9.17) is 14.2 Å². The molecule has 0 amide bonds. The molecule has 1 rings (SSSR count). The highest BCUT2D eigenvalue weighted by molar-refractivity contribution is 5.94. The first-order chi connectivity index (χ1) is 13.7. The first-order valence-corrected chi connectivity index (χ1v) is 10.6. The molecule has 2 unspecified atom stereocenters. The number of hydrogen-bond acceptors (Lipinski definition) is 4. The third-order valence-electron chi connectivity index (χ3n) is 5.85. The summed E-state index contributed by atoms with van der Waals surface area (Å²) < 4.78 is 16.7. The average Bonchev–Trinajstić information content (AvgIpc) is 2.67. The van der Waals surface area contributed by atoms with Crippen LogP contribution in [0.15, 0.2) is 46.8 Å². The fourth-order valence-corrected chi connectivity index (χ4v) is 3.92. The number of allylic oxidation sites excluding steroid dienone is 7. The van der Waals surface area contributed by atoms with Crippen LogP contribution in [0.1, 0.15) is 66.7 Å². The number of rotatable bonds is 11. The predicted molar refractivity (Wildman–Crippen MR) is 120 cm³/mol. The van der Waals surface area contributed by atoms with Gasteiger partial charge in [-0.2, -0.15) is 0 Å². The highest BCUT2D eigenvalue weighted by Crippen LogP contribution is 2.41. The van der Waals surface area contributed by atoms with Crippen molar-refractivity contribution in [2.75, 3.05) is 21.3 Å². The first-order valence-electron chi connectivity index (χ1n) is 10.6. The first kappa shape index (κ1) is 25.4. The number of methoxy groups -OCH3 is 3. The minimum atomic E-state index is -1.01. The Morgan fingerprint density at radius 1 is 0.966 bits per heavy atom. The SMILES string of the molecule is COC1=CC(=O)C(CC=C(C)CCC=C(C)CCC=C(C)C)C(C)C1(OC)OC. The molecule has 4 heteroatoms. The van der Waals surface area contributed by atoms with Gasteiger partial charge in [0.05, 0.1) is 7.11 Å². The normalized spacial score (nSPS) is 22.3. The fraction of sp³-hybridized carbons (Fsp3) is 0.640. The molecule has 0 N–H and O–H groups in total. The maximum Gasteiger partial charge on any atom is 0.230 e. The van der Waals surface area contributed by atoms with Gasteiger partial charge in [0.1, 0.15) is 0 Å². The lowest BCUT2D eigenvalue weighted by Crippen LogP contribution is -2.51. The van der Waals surface area contributed by atoms with Crippen LogP contribution in [0.4, 0.5) is 0 Å². The van der Waals surface area contributed by atoms with Gasteiger partial charge in [-0.1, -0.05) is 41.9 Å². The van der Waals surface area contributed by atoms with Crippen molar-refractivity contribution in [1.82, 2.24) is 0 Å². The summed E-state index contributed by atoms with van der Waals surface area (Å²) in [4.78, 5) is 12.6. The maximum atomic E-state index is 12.6. The number of carbonyl (C=O) groups excluding carboxylic acids is 1. The second-order valence-electron chi connectivity index (χ2n) is 8.28. The molecule has 0 radical (unpaired) electrons. The Hall–Kier alpha value is -1.65. The van der Waals surface area contributed by atoms with Gasteiger partial charge in [0.2, 0.25) is 5.79 Å². The Kier molecular flexibility index (Phi) is 10.6. The van der Waals surface area contributed by atoms with Crippen LogP contribution in [0, 0.1) is 11.8 Å². The third kappa shape index (κ3) is 6.97. The van der Waals surface area contributed by atoms with Crippen LogP contribution in [0.3, 0.4) is 0 Å². The van der Waals surface area contributed by atoms with Gasteiger partial charge in [-0.25, -0.2) is 0 Å². The van der Waals surface area contributed by atoms with E-state index in [1.807, 2.05) is 6.92 Å². The largest absolute Gasteiger partial charge is 0.495 e. The molecule has 0 saturated heterocycles. The van der Waals surface area contributed by atoms with E-state index in [-0.39, 0.29) is 17.6 Å². The average molecular weight is 405 g/mol. The molecule has 0 fully saturated rings. The van der Waals surface area contributed by atoms with Gasteiger partial charge in [0.25, 0.3) is 0 Å². The van der Waals surface area contributed by atoms with Crippen molar-refractivity contribution >= 4 is 5.78 Å². The Balaban J connectivity index is 2.70. The fourth-order valence-electron chi connectivity index (χ4n) is 3.92. The molecule has 0 spiro atoms. The monoisotopic (exact) mass is 404 g/mol. The second-order valence-corrected chi connectivity index (χ2v) is 8.28. The van der Waals surface area contributed by atoms with Crippen LogP contribution in [0.25, 0.3) is 0 Å². The standard InChI is InChI=1S/C25H40O4/c1-18(2)11-9-12-19(3)13-10-14-20(4)15-16-22-21(5)25(28-7,29-8)24(27-6)17-23(22)26/h11,13,15,17,21-22H,9-10,12,14,16H2,1-8H3. The lowest BCUT2D eigenvalue weighted by molar-refractivity contribution is -0.241. The van der Waals surface area contributed by atoms with Gasteiger partial charge in [-0.05, 0) is 59.8 Å². The van der Waals surface area contributed by atoms with Crippen LogP contribution in [-0.2, 0) is 19.0 Å². The highest BCUT2D eigenvalue weighted by atomic mass is 16.7. The number of ketones is 1. The summed E-state index contributed by atoms with van der Waals surface area (Å²) >= 11 is 0. The van der Waals surface area contributed by atoms with Crippen LogP contribution in [0.2, 0.25) is 0 Å². The molecule has 4 nitrogen and oxygen atoms in total. The number of carbonyl (C=O) groups is 1. The third-order valence-corrected chi connectivity index (χ3v) is 5.85. The quantitative estimate of drug-likeness (QED) is 0.306. The zero-order valence-corrected chi connectivity index (χ0v) is 19.6. The van der Waals surface area contributed by atoms with Crippen molar-refractivity contribution in [3.63, 3.8) is 0 Å². The summed E-state index contributed by atoms with van der Waals surface area (Å²) in [6.07, 6.45) is 13.3. The molecular formula is C25H40O4. The van der Waals surface area contributed by atoms with Crippen LogP contribution in [-0.4, -0.2) is 32.9 Å². The molecule has 0 aromatic heterocycles. The van der Waals surface area contributed by atoms with E-state index in [2.05, 4.69) is 45.9 Å². The van der Waals surface area contributed by atoms with Crippen molar-refractivity contribution in [2.45, 2.75) is 72.5 Å². The maximum absolute atomic E-state index is 12.6. The molecule has 164 valence electrons. The van der Waals surface area contributed by atoms with Crippen molar-refractivity contribution in [3.8, 4) is 0 Å². The molecular weight excluding hydrogens is 364 g/mol. The molecule has 1 aliphatic carbocycles. The van der Waals surface area contributed by atoms with E-state index in [1.165, 1.54) is 29.9 Å². The van der Waals surface area contributed by atoms with Gasteiger partial charge in [0, 0.05) is 32.1 Å². The minimum Gasteiger partial charge on any atom is -0.495 e. The predicted octanol–water partition coefficient (Wildman–Crippen LogP) is 6.15. The van der Waals surface area contributed by atoms with Gasteiger partial charge < -0.3 is 14.2 Å². The Morgan fingerprint density at radius 2 is 1.52 bits per heavy atom. The van der Waals surface area contributed by atoms with Crippen LogP contribution < -0.4 is 0 Å². The molecule has 0 aromatic rings. The number of hydrogen-bond donors (Lipinski definition) is 0. The van der Waals surface area contributed by atoms with Crippen molar-refractivity contribution in [3.05, 3.63) is 46.8 Å². The topological polar surface area (TPSA) is 44.8 Å². The van der Waals surface area contributed by atoms with Crippen molar-refractivity contribution < 1.29 is 19.0 Å². The van der Waals surface area contributed by atoms with Crippen molar-refractivity contribution in [1.29, 1.82) is 0 Å². The minimum absolute atomic E-state index is 0.0677. The van der Waals surface area contributed by atoms with E-state index in [9.17, 15) is 4.79 Å². The number of ether oxygens (including phenoxy) is 3. The van der Waals surface area contributed by atoms with Crippen molar-refractivity contribution in [2.24, 2.45) is 11.8 Å². The lowest BCUT2D eigenvalue weighted by atomic mass is 9.76. The summed E-state index contributed by atoms with van der Waals surface area (Å²) in [5.74, 6) is -0.847. The summed E-state index contributed by atoms with van der Waals surface area (Å²) in [7, 11) is 4.72. The molecule has 0 aliphatic heterocycles.